The lowest BCUT2D eigenvalue weighted by atomic mass is 10.0. The summed E-state index contributed by atoms with van der Waals surface area (Å²) < 4.78 is 12.6. The fourth-order valence-electron chi connectivity index (χ4n) is 4.82. The molecule has 2 N–H and O–H groups in total. The highest BCUT2D eigenvalue weighted by Gasteiger charge is 2.27. The van der Waals surface area contributed by atoms with E-state index in [1.807, 2.05) is 45.9 Å². The van der Waals surface area contributed by atoms with Crippen LogP contribution in [0.1, 0.15) is 61.8 Å². The molecular formula is C30H33ClN6O4S. The second-order valence-corrected chi connectivity index (χ2v) is 12.5. The van der Waals surface area contributed by atoms with Gasteiger partial charge in [-0.1, -0.05) is 18.7 Å². The molecule has 5 rings (SSSR count). The first-order valence-electron chi connectivity index (χ1n) is 13.6. The molecule has 2 aliphatic rings. The number of amides is 2. The number of ether oxygens (including phenoxy) is 2. The van der Waals surface area contributed by atoms with Gasteiger partial charge in [-0.25, -0.2) is 14.8 Å². The summed E-state index contributed by atoms with van der Waals surface area (Å²) in [5.41, 5.74) is 3.26. The van der Waals surface area contributed by atoms with Crippen LogP contribution in [0.15, 0.2) is 36.0 Å². The van der Waals surface area contributed by atoms with Crippen molar-refractivity contribution < 1.29 is 19.1 Å². The van der Waals surface area contributed by atoms with Crippen molar-refractivity contribution in [2.75, 3.05) is 25.0 Å². The van der Waals surface area contributed by atoms with Crippen LogP contribution in [0.25, 0.3) is 21.7 Å². The van der Waals surface area contributed by atoms with Gasteiger partial charge in [-0.3, -0.25) is 4.79 Å². The molecule has 2 amide bonds. The van der Waals surface area contributed by atoms with Gasteiger partial charge in [-0.05, 0) is 63.4 Å². The molecule has 0 unspecified atom stereocenters. The van der Waals surface area contributed by atoms with E-state index in [0.717, 1.165) is 26.9 Å². The van der Waals surface area contributed by atoms with E-state index in [4.69, 9.17) is 26.1 Å². The van der Waals surface area contributed by atoms with E-state index in [0.29, 0.717) is 48.1 Å². The van der Waals surface area contributed by atoms with Gasteiger partial charge in [-0.2, -0.15) is 4.98 Å². The standard InChI is InChI=1S/C30H33ClN6O4S/c1-7-19-21(8-9-22-23(19)24-25(42-22)26(38)34-16(2)14-32-24)35-17(3)40-27-20(15-33-28(31)36-27)18-10-12-37(13-11-18)29(39)41-30(4,5)6/h7-10,15-16,32H,1,11-14H2,2-6H3,(H,34,38)/b35-17+/t16-/m1/s1. The number of hydrogen-bond acceptors (Lipinski definition) is 9. The van der Waals surface area contributed by atoms with Crippen LogP contribution in [0, 0.1) is 0 Å². The second kappa shape index (κ2) is 11.7. The highest BCUT2D eigenvalue weighted by atomic mass is 35.5. The Morgan fingerprint density at radius 1 is 1.33 bits per heavy atom. The zero-order valence-corrected chi connectivity index (χ0v) is 25.8. The van der Waals surface area contributed by atoms with Crippen LogP contribution in [0.5, 0.6) is 5.88 Å². The van der Waals surface area contributed by atoms with Gasteiger partial charge < -0.3 is 25.0 Å². The third-order valence-electron chi connectivity index (χ3n) is 6.70. The Morgan fingerprint density at radius 2 is 2.12 bits per heavy atom. The largest absolute Gasteiger partial charge is 0.444 e. The van der Waals surface area contributed by atoms with Gasteiger partial charge in [-0.15, -0.1) is 11.3 Å². The molecule has 42 heavy (non-hydrogen) atoms. The average Bonchev–Trinajstić information content (AvgIpc) is 3.23. The number of nitrogens with one attached hydrogen (secondary N) is 2. The number of aliphatic imine (C=N–C) groups is 1. The molecule has 0 aliphatic carbocycles. The molecule has 1 aromatic carbocycles. The number of rotatable bonds is 4. The number of carbonyl (C=O) groups is 2. The van der Waals surface area contributed by atoms with Crippen molar-refractivity contribution >= 4 is 73.9 Å². The Bertz CT molecular complexity index is 1640. The lowest BCUT2D eigenvalue weighted by molar-refractivity contribution is 0.0270. The molecule has 3 aromatic rings. The predicted molar refractivity (Wildman–Crippen MR) is 168 cm³/mol. The van der Waals surface area contributed by atoms with Crippen LogP contribution in [-0.2, 0) is 4.74 Å². The van der Waals surface area contributed by atoms with Crippen molar-refractivity contribution in [2.24, 2.45) is 4.99 Å². The topological polar surface area (TPSA) is 118 Å². The molecule has 2 aromatic heterocycles. The SMILES string of the molecule is C=Cc1c(/N=C(\C)Oc2nc(Cl)ncc2C2=CCN(C(=O)OC(C)(C)C)CC2)ccc2sc3c(c12)NC[C@@H](C)NC3=O. The highest BCUT2D eigenvalue weighted by Crippen LogP contribution is 2.42. The fourth-order valence-corrected chi connectivity index (χ4v) is 6.04. The van der Waals surface area contributed by atoms with E-state index in [1.54, 1.807) is 24.1 Å². The molecule has 1 atom stereocenters. The van der Waals surface area contributed by atoms with Crippen molar-refractivity contribution in [1.82, 2.24) is 20.2 Å². The summed E-state index contributed by atoms with van der Waals surface area (Å²) in [5, 5.41) is 7.37. The molecule has 10 nitrogen and oxygen atoms in total. The number of aromatic nitrogens is 2. The zero-order chi connectivity index (χ0) is 30.2. The summed E-state index contributed by atoms with van der Waals surface area (Å²) in [6.07, 6.45) is 5.51. The molecule has 0 radical (unpaired) electrons. The molecular weight excluding hydrogens is 576 g/mol. The summed E-state index contributed by atoms with van der Waals surface area (Å²) >= 11 is 7.58. The summed E-state index contributed by atoms with van der Waals surface area (Å²) in [5.74, 6) is 0.509. The van der Waals surface area contributed by atoms with Gasteiger partial charge in [0.15, 0.2) is 5.90 Å². The molecule has 0 saturated heterocycles. The Balaban J connectivity index is 1.43. The first-order chi connectivity index (χ1) is 19.9. The third-order valence-corrected chi connectivity index (χ3v) is 8.04. The van der Waals surface area contributed by atoms with Gasteiger partial charge >= 0.3 is 6.09 Å². The second-order valence-electron chi connectivity index (χ2n) is 11.1. The van der Waals surface area contributed by atoms with E-state index < -0.39 is 5.60 Å². The fraction of sp³-hybridized carbons (Fsp3) is 0.367. The van der Waals surface area contributed by atoms with Crippen LogP contribution in [0.2, 0.25) is 5.28 Å². The number of anilines is 1. The number of thiophene rings is 1. The molecule has 0 bridgehead atoms. The predicted octanol–water partition coefficient (Wildman–Crippen LogP) is 6.68. The van der Waals surface area contributed by atoms with Gasteiger partial charge in [0, 0.05) is 54.4 Å². The number of fused-ring (bicyclic) bond motifs is 3. The van der Waals surface area contributed by atoms with E-state index in [-0.39, 0.29) is 29.2 Å². The van der Waals surface area contributed by atoms with Crippen molar-refractivity contribution in [3.8, 4) is 5.88 Å². The van der Waals surface area contributed by atoms with Gasteiger partial charge in [0.05, 0.1) is 16.9 Å². The van der Waals surface area contributed by atoms with Crippen molar-refractivity contribution in [2.45, 2.75) is 52.7 Å². The van der Waals surface area contributed by atoms with Crippen LogP contribution in [0.3, 0.4) is 0 Å². The maximum Gasteiger partial charge on any atom is 0.410 e. The van der Waals surface area contributed by atoms with E-state index in [2.05, 4.69) is 27.2 Å². The molecule has 0 spiro atoms. The first kappa shape index (κ1) is 29.5. The van der Waals surface area contributed by atoms with Crippen LogP contribution in [-0.4, -0.2) is 64.0 Å². The number of benzene rings is 1. The summed E-state index contributed by atoms with van der Waals surface area (Å²) in [4.78, 5) is 40.8. The number of hydrogen-bond donors (Lipinski definition) is 2. The summed E-state index contributed by atoms with van der Waals surface area (Å²) in [6.45, 7) is 14.7. The van der Waals surface area contributed by atoms with Crippen molar-refractivity contribution in [3.05, 3.63) is 52.3 Å². The Labute approximate surface area is 253 Å². The quantitative estimate of drug-likeness (QED) is 0.193. The zero-order valence-electron chi connectivity index (χ0n) is 24.2. The maximum atomic E-state index is 12.8. The lowest BCUT2D eigenvalue weighted by Gasteiger charge is -2.29. The Kier molecular flexibility index (Phi) is 8.25. The van der Waals surface area contributed by atoms with Crippen LogP contribution in [0.4, 0.5) is 16.2 Å². The Morgan fingerprint density at radius 3 is 2.81 bits per heavy atom. The van der Waals surface area contributed by atoms with E-state index >= 15 is 0 Å². The van der Waals surface area contributed by atoms with E-state index in [9.17, 15) is 9.59 Å². The number of nitrogens with zero attached hydrogens (tertiary/aromatic N) is 4. The number of halogens is 1. The number of carbonyl (C=O) groups excluding carboxylic acids is 2. The highest BCUT2D eigenvalue weighted by molar-refractivity contribution is 7.21. The van der Waals surface area contributed by atoms with Gasteiger partial charge in [0.1, 0.15) is 10.5 Å². The summed E-state index contributed by atoms with van der Waals surface area (Å²) in [7, 11) is 0. The van der Waals surface area contributed by atoms with Gasteiger partial charge in [0.25, 0.3) is 5.91 Å². The van der Waals surface area contributed by atoms with Crippen molar-refractivity contribution in [3.63, 3.8) is 0 Å². The minimum Gasteiger partial charge on any atom is -0.444 e. The van der Waals surface area contributed by atoms with E-state index in [1.165, 1.54) is 11.3 Å². The van der Waals surface area contributed by atoms with Crippen LogP contribution >= 0.6 is 22.9 Å². The molecule has 0 saturated carbocycles. The lowest BCUT2D eigenvalue weighted by Crippen LogP contribution is -2.39. The first-order valence-corrected chi connectivity index (χ1v) is 14.8. The van der Waals surface area contributed by atoms with Crippen molar-refractivity contribution in [1.29, 1.82) is 0 Å². The maximum absolute atomic E-state index is 12.8. The van der Waals surface area contributed by atoms with Crippen LogP contribution < -0.4 is 15.4 Å². The normalized spacial score (nSPS) is 17.5. The summed E-state index contributed by atoms with van der Waals surface area (Å²) in [6, 6.07) is 3.83. The average molecular weight is 609 g/mol. The molecule has 4 heterocycles. The minimum atomic E-state index is -0.565. The molecule has 12 heteroatoms. The third kappa shape index (κ3) is 6.27. The molecule has 2 aliphatic heterocycles. The molecule has 220 valence electrons. The monoisotopic (exact) mass is 608 g/mol. The Hall–Kier alpha value is -3.96. The molecule has 0 fully saturated rings. The minimum absolute atomic E-state index is 0.00437. The smallest absolute Gasteiger partial charge is 0.410 e. The van der Waals surface area contributed by atoms with Gasteiger partial charge in [0.2, 0.25) is 11.2 Å².